The molecule has 5 nitrogen and oxygen atoms in total. The third-order valence-corrected chi connectivity index (χ3v) is 5.15. The van der Waals surface area contributed by atoms with Gasteiger partial charge in [0.15, 0.2) is 16.3 Å². The first kappa shape index (κ1) is 16.9. The molecule has 26 heavy (non-hydrogen) atoms. The predicted molar refractivity (Wildman–Crippen MR) is 102 cm³/mol. The molecule has 0 amide bonds. The lowest BCUT2D eigenvalue weighted by molar-refractivity contribution is 0.171. The minimum Gasteiger partial charge on any atom is -0.486 e. The number of para-hydroxylation sites is 1. The van der Waals surface area contributed by atoms with Gasteiger partial charge in [0.2, 0.25) is 0 Å². The summed E-state index contributed by atoms with van der Waals surface area (Å²) in [5.74, 6) is 1.53. The van der Waals surface area contributed by atoms with E-state index >= 15 is 0 Å². The summed E-state index contributed by atoms with van der Waals surface area (Å²) in [5, 5.41) is 11.6. The summed E-state index contributed by atoms with van der Waals surface area (Å²) in [5.41, 5.74) is 4.09. The van der Waals surface area contributed by atoms with Gasteiger partial charge in [0.25, 0.3) is 0 Å². The molecule has 1 aromatic heterocycles. The number of hydrogen-bond acceptors (Lipinski definition) is 5. The molecule has 6 heteroatoms. The van der Waals surface area contributed by atoms with Crippen molar-refractivity contribution in [1.82, 2.24) is 4.57 Å². The van der Waals surface area contributed by atoms with E-state index in [1.165, 1.54) is 0 Å². The highest BCUT2D eigenvalue weighted by atomic mass is 32.1. The van der Waals surface area contributed by atoms with E-state index in [4.69, 9.17) is 14.5 Å². The van der Waals surface area contributed by atoms with Crippen LogP contribution in [0.1, 0.15) is 5.56 Å². The monoisotopic (exact) mass is 368 g/mol. The molecular formula is C20H20N2O3S. The lowest BCUT2D eigenvalue weighted by Gasteiger charge is -2.19. The topological polar surface area (TPSA) is 56.0 Å². The van der Waals surface area contributed by atoms with Gasteiger partial charge in [-0.3, -0.25) is 0 Å². The Kier molecular flexibility index (Phi) is 4.77. The lowest BCUT2D eigenvalue weighted by Crippen LogP contribution is -2.18. The van der Waals surface area contributed by atoms with E-state index in [9.17, 15) is 5.11 Å². The Hall–Kier alpha value is -2.57. The Bertz CT molecular complexity index is 991. The quantitative estimate of drug-likeness (QED) is 0.767. The maximum atomic E-state index is 9.54. The predicted octanol–water partition coefficient (Wildman–Crippen LogP) is 3.52. The molecule has 2 heterocycles. The number of aromatic nitrogens is 1. The highest BCUT2D eigenvalue weighted by Gasteiger charge is 2.15. The minimum atomic E-state index is 0.0508. The standard InChI is InChI=1S/C20H20N2O3S/c1-14-4-2-3-5-16(14)21-20-22(8-9-23)17(13-26-20)15-6-7-18-19(12-15)25-11-10-24-18/h2-7,12-13,23H,8-11H2,1H3. The molecule has 4 rings (SSSR count). The van der Waals surface area contributed by atoms with Gasteiger partial charge in [-0.1, -0.05) is 18.2 Å². The molecule has 0 unspecified atom stereocenters. The van der Waals surface area contributed by atoms with Crippen molar-refractivity contribution in [1.29, 1.82) is 0 Å². The third kappa shape index (κ3) is 3.25. The van der Waals surface area contributed by atoms with Gasteiger partial charge in [0.1, 0.15) is 13.2 Å². The van der Waals surface area contributed by atoms with Crippen LogP contribution < -0.4 is 14.3 Å². The number of aryl methyl sites for hydroxylation is 1. The zero-order chi connectivity index (χ0) is 17.9. The van der Waals surface area contributed by atoms with Crippen molar-refractivity contribution >= 4 is 17.0 Å². The van der Waals surface area contributed by atoms with E-state index in [1.807, 2.05) is 54.0 Å². The lowest BCUT2D eigenvalue weighted by atomic mass is 10.1. The van der Waals surface area contributed by atoms with Crippen LogP contribution in [0.5, 0.6) is 11.5 Å². The summed E-state index contributed by atoms with van der Waals surface area (Å²) in [6, 6.07) is 14.0. The molecule has 0 radical (unpaired) electrons. The van der Waals surface area contributed by atoms with Gasteiger partial charge in [-0.15, -0.1) is 11.3 Å². The van der Waals surface area contributed by atoms with Crippen LogP contribution in [-0.2, 0) is 6.54 Å². The number of benzene rings is 2. The Morgan fingerprint density at radius 1 is 1.12 bits per heavy atom. The van der Waals surface area contributed by atoms with Crippen LogP contribution in [0.25, 0.3) is 11.3 Å². The number of rotatable bonds is 4. The number of nitrogens with zero attached hydrogens (tertiary/aromatic N) is 2. The maximum Gasteiger partial charge on any atom is 0.190 e. The van der Waals surface area contributed by atoms with E-state index in [2.05, 4.69) is 5.38 Å². The summed E-state index contributed by atoms with van der Waals surface area (Å²) in [6.45, 7) is 3.72. The van der Waals surface area contributed by atoms with Gasteiger partial charge in [0.05, 0.1) is 18.0 Å². The average molecular weight is 368 g/mol. The van der Waals surface area contributed by atoms with E-state index < -0.39 is 0 Å². The van der Waals surface area contributed by atoms with Crippen molar-refractivity contribution in [3.05, 3.63) is 58.2 Å². The molecule has 0 fully saturated rings. The fourth-order valence-corrected chi connectivity index (χ4v) is 3.91. The van der Waals surface area contributed by atoms with Gasteiger partial charge in [-0.2, -0.15) is 0 Å². The van der Waals surface area contributed by atoms with Gasteiger partial charge in [-0.05, 0) is 36.8 Å². The second-order valence-electron chi connectivity index (χ2n) is 6.04. The zero-order valence-electron chi connectivity index (χ0n) is 14.5. The van der Waals surface area contributed by atoms with Crippen LogP contribution in [0, 0.1) is 6.92 Å². The number of thiazole rings is 1. The molecule has 1 aliphatic rings. The zero-order valence-corrected chi connectivity index (χ0v) is 15.3. The van der Waals surface area contributed by atoms with Crippen LogP contribution >= 0.6 is 11.3 Å². The number of ether oxygens (including phenoxy) is 2. The Morgan fingerprint density at radius 2 is 1.92 bits per heavy atom. The van der Waals surface area contributed by atoms with Gasteiger partial charge in [0, 0.05) is 17.5 Å². The van der Waals surface area contributed by atoms with Crippen molar-refractivity contribution in [2.75, 3.05) is 19.8 Å². The highest BCUT2D eigenvalue weighted by Crippen LogP contribution is 2.34. The van der Waals surface area contributed by atoms with Crippen molar-refractivity contribution in [3.8, 4) is 22.8 Å². The second-order valence-corrected chi connectivity index (χ2v) is 6.87. The van der Waals surface area contributed by atoms with Crippen molar-refractivity contribution in [2.45, 2.75) is 13.5 Å². The minimum absolute atomic E-state index is 0.0508. The first-order chi connectivity index (χ1) is 12.8. The second kappa shape index (κ2) is 7.35. The number of aliphatic hydroxyl groups excluding tert-OH is 1. The molecule has 2 aromatic carbocycles. The van der Waals surface area contributed by atoms with Gasteiger partial charge >= 0.3 is 0 Å². The molecule has 134 valence electrons. The maximum absolute atomic E-state index is 9.54. The van der Waals surface area contributed by atoms with Crippen molar-refractivity contribution in [3.63, 3.8) is 0 Å². The summed E-state index contributed by atoms with van der Waals surface area (Å²) in [7, 11) is 0. The molecule has 0 atom stereocenters. The average Bonchev–Trinajstić information content (AvgIpc) is 3.06. The van der Waals surface area contributed by atoms with Crippen LogP contribution in [0.15, 0.2) is 52.8 Å². The van der Waals surface area contributed by atoms with E-state index in [0.29, 0.717) is 19.8 Å². The van der Waals surface area contributed by atoms with E-state index in [-0.39, 0.29) is 6.61 Å². The molecule has 0 saturated heterocycles. The first-order valence-electron chi connectivity index (χ1n) is 8.56. The smallest absolute Gasteiger partial charge is 0.190 e. The Labute approximate surface area is 155 Å². The molecule has 0 spiro atoms. The van der Waals surface area contributed by atoms with Crippen LogP contribution in [0.4, 0.5) is 5.69 Å². The molecule has 3 aromatic rings. The van der Waals surface area contributed by atoms with Crippen molar-refractivity contribution < 1.29 is 14.6 Å². The summed E-state index contributed by atoms with van der Waals surface area (Å²) >= 11 is 1.57. The summed E-state index contributed by atoms with van der Waals surface area (Å²) < 4.78 is 13.3. The molecule has 1 aliphatic heterocycles. The van der Waals surface area contributed by atoms with Crippen LogP contribution in [0.2, 0.25) is 0 Å². The third-order valence-electron chi connectivity index (χ3n) is 4.29. The summed E-state index contributed by atoms with van der Waals surface area (Å²) in [6.07, 6.45) is 0. The largest absolute Gasteiger partial charge is 0.486 e. The van der Waals surface area contributed by atoms with Gasteiger partial charge < -0.3 is 19.1 Å². The fraction of sp³-hybridized carbons (Fsp3) is 0.250. The van der Waals surface area contributed by atoms with Crippen LogP contribution in [-0.4, -0.2) is 29.5 Å². The molecule has 0 bridgehead atoms. The molecule has 0 aliphatic carbocycles. The Balaban J connectivity index is 1.81. The SMILES string of the molecule is Cc1ccccc1N=c1scc(-c2ccc3c(c2)OCCO3)n1CCO. The number of aliphatic hydroxyl groups is 1. The Morgan fingerprint density at radius 3 is 2.73 bits per heavy atom. The van der Waals surface area contributed by atoms with E-state index in [1.54, 1.807) is 11.3 Å². The normalized spacial score (nSPS) is 13.8. The summed E-state index contributed by atoms with van der Waals surface area (Å²) in [4.78, 5) is 5.67. The number of hydrogen-bond donors (Lipinski definition) is 1. The molecule has 0 saturated carbocycles. The van der Waals surface area contributed by atoms with Crippen LogP contribution in [0.3, 0.4) is 0 Å². The van der Waals surface area contributed by atoms with E-state index in [0.717, 1.165) is 38.8 Å². The van der Waals surface area contributed by atoms with Gasteiger partial charge in [-0.25, -0.2) is 4.99 Å². The molecule has 1 N–H and O–H groups in total. The first-order valence-corrected chi connectivity index (χ1v) is 9.44. The van der Waals surface area contributed by atoms with Crippen molar-refractivity contribution in [2.24, 2.45) is 4.99 Å². The number of fused-ring (bicyclic) bond motifs is 1. The molecular weight excluding hydrogens is 348 g/mol. The fourth-order valence-electron chi connectivity index (χ4n) is 2.96. The highest BCUT2D eigenvalue weighted by molar-refractivity contribution is 7.07.